The van der Waals surface area contributed by atoms with Gasteiger partial charge in [0.15, 0.2) is 5.13 Å². The molecule has 7 nitrogen and oxygen atoms in total. The van der Waals surface area contributed by atoms with Crippen molar-refractivity contribution in [3.8, 4) is 11.3 Å². The third kappa shape index (κ3) is 5.57. The van der Waals surface area contributed by atoms with Crippen LogP contribution < -0.4 is 5.32 Å². The van der Waals surface area contributed by atoms with E-state index in [1.807, 2.05) is 14.1 Å². The van der Waals surface area contributed by atoms with Crippen LogP contribution in [0.4, 0.5) is 18.3 Å². The van der Waals surface area contributed by atoms with Gasteiger partial charge in [-0.15, -0.1) is 11.3 Å². The van der Waals surface area contributed by atoms with Crippen LogP contribution in [-0.4, -0.2) is 59.8 Å². The fraction of sp³-hybridized carbons (Fsp3) is 0.375. The Hall–Kier alpha value is -3.18. The summed E-state index contributed by atoms with van der Waals surface area (Å²) in [6.07, 6.45) is -2.71. The molecule has 0 unspecified atom stereocenters. The van der Waals surface area contributed by atoms with Crippen LogP contribution in [0.25, 0.3) is 11.3 Å². The van der Waals surface area contributed by atoms with Gasteiger partial charge >= 0.3 is 6.18 Å². The standard InChI is InChI=1S/C24H25F3N4O3S/c1-14-18(12-20(34-14)15-5-4-6-16(11-15)24(25,26)27)21(32)29-23-28-19(13-35-23)22(33)31-9-7-17(8-10-31)30(2)3/h4-6,11-13,17H,7-10H2,1-3H3,(H,28,29,32). The highest BCUT2D eigenvalue weighted by atomic mass is 32.1. The first kappa shape index (κ1) is 24.9. The second-order valence-corrected chi connectivity index (χ2v) is 9.50. The fourth-order valence-corrected chi connectivity index (χ4v) is 4.72. The number of halogens is 3. The molecule has 0 saturated carbocycles. The van der Waals surface area contributed by atoms with Gasteiger partial charge in [-0.25, -0.2) is 4.98 Å². The SMILES string of the molecule is Cc1oc(-c2cccc(C(F)(F)F)c2)cc1C(=O)Nc1nc(C(=O)N2CCC(N(C)C)CC2)cs1. The maximum atomic E-state index is 13.0. The number of amides is 2. The quantitative estimate of drug-likeness (QED) is 0.518. The summed E-state index contributed by atoms with van der Waals surface area (Å²) >= 11 is 1.13. The molecular weight excluding hydrogens is 481 g/mol. The largest absolute Gasteiger partial charge is 0.461 e. The van der Waals surface area contributed by atoms with E-state index in [9.17, 15) is 22.8 Å². The predicted molar refractivity (Wildman–Crippen MR) is 127 cm³/mol. The van der Waals surface area contributed by atoms with Crippen LogP contribution in [0.3, 0.4) is 0 Å². The lowest BCUT2D eigenvalue weighted by molar-refractivity contribution is -0.137. The molecule has 1 aliphatic rings. The summed E-state index contributed by atoms with van der Waals surface area (Å²) in [7, 11) is 4.06. The van der Waals surface area contributed by atoms with Crippen molar-refractivity contribution in [2.24, 2.45) is 0 Å². The van der Waals surface area contributed by atoms with Crippen molar-refractivity contribution < 1.29 is 27.2 Å². The summed E-state index contributed by atoms with van der Waals surface area (Å²) in [5.41, 5.74) is -0.156. The molecule has 0 radical (unpaired) electrons. The topological polar surface area (TPSA) is 78.7 Å². The van der Waals surface area contributed by atoms with Crippen LogP contribution in [0.2, 0.25) is 0 Å². The molecule has 0 bridgehead atoms. The highest BCUT2D eigenvalue weighted by molar-refractivity contribution is 7.14. The molecule has 186 valence electrons. The van der Waals surface area contributed by atoms with Crippen LogP contribution in [0.15, 0.2) is 40.1 Å². The minimum absolute atomic E-state index is 0.148. The van der Waals surface area contributed by atoms with Gasteiger partial charge in [0.2, 0.25) is 0 Å². The van der Waals surface area contributed by atoms with E-state index in [1.165, 1.54) is 18.2 Å². The van der Waals surface area contributed by atoms with Crippen molar-refractivity contribution in [2.75, 3.05) is 32.5 Å². The van der Waals surface area contributed by atoms with Crippen molar-refractivity contribution in [3.63, 3.8) is 0 Å². The summed E-state index contributed by atoms with van der Waals surface area (Å²) in [6.45, 7) is 2.85. The molecule has 3 aromatic rings. The van der Waals surface area contributed by atoms with E-state index in [1.54, 1.807) is 17.2 Å². The number of furan rings is 1. The molecular formula is C24H25F3N4O3S. The number of benzene rings is 1. The van der Waals surface area contributed by atoms with Gasteiger partial charge in [-0.2, -0.15) is 13.2 Å². The number of carbonyl (C=O) groups is 2. The van der Waals surface area contributed by atoms with E-state index < -0.39 is 17.6 Å². The molecule has 0 atom stereocenters. The van der Waals surface area contributed by atoms with Crippen LogP contribution in [0.1, 0.15) is 45.0 Å². The normalized spacial score (nSPS) is 15.0. The molecule has 1 N–H and O–H groups in total. The predicted octanol–water partition coefficient (Wildman–Crippen LogP) is 5.15. The van der Waals surface area contributed by atoms with Crippen molar-refractivity contribution in [1.82, 2.24) is 14.8 Å². The van der Waals surface area contributed by atoms with Gasteiger partial charge in [0, 0.05) is 30.1 Å². The lowest BCUT2D eigenvalue weighted by Gasteiger charge is -2.34. The molecule has 0 aliphatic carbocycles. The second-order valence-electron chi connectivity index (χ2n) is 8.64. The average molecular weight is 507 g/mol. The molecule has 2 aromatic heterocycles. The summed E-state index contributed by atoms with van der Waals surface area (Å²) < 4.78 is 44.7. The van der Waals surface area contributed by atoms with Crippen molar-refractivity contribution in [3.05, 3.63) is 58.3 Å². The summed E-state index contributed by atoms with van der Waals surface area (Å²) in [4.78, 5) is 33.8. The molecule has 4 rings (SSSR count). The first-order valence-corrected chi connectivity index (χ1v) is 11.9. The monoisotopic (exact) mass is 506 g/mol. The maximum Gasteiger partial charge on any atom is 0.416 e. The smallest absolute Gasteiger partial charge is 0.416 e. The van der Waals surface area contributed by atoms with E-state index in [4.69, 9.17) is 4.42 Å². The van der Waals surface area contributed by atoms with Gasteiger partial charge in [0.05, 0.1) is 11.1 Å². The number of nitrogens with one attached hydrogen (secondary N) is 1. The van der Waals surface area contributed by atoms with Gasteiger partial charge < -0.3 is 14.2 Å². The zero-order chi connectivity index (χ0) is 25.3. The van der Waals surface area contributed by atoms with E-state index >= 15 is 0 Å². The number of rotatable bonds is 5. The Morgan fingerprint density at radius 1 is 1.20 bits per heavy atom. The molecule has 0 spiro atoms. The fourth-order valence-electron chi connectivity index (χ4n) is 4.04. The molecule has 1 fully saturated rings. The van der Waals surface area contributed by atoms with E-state index in [0.717, 1.165) is 36.3 Å². The zero-order valence-electron chi connectivity index (χ0n) is 19.5. The van der Waals surface area contributed by atoms with Crippen LogP contribution in [0.5, 0.6) is 0 Å². The van der Waals surface area contributed by atoms with Gasteiger partial charge in [-0.3, -0.25) is 14.9 Å². The molecule has 2 amide bonds. The van der Waals surface area contributed by atoms with E-state index in [0.29, 0.717) is 19.1 Å². The van der Waals surface area contributed by atoms with Crippen LogP contribution >= 0.6 is 11.3 Å². The molecule has 1 aliphatic heterocycles. The zero-order valence-corrected chi connectivity index (χ0v) is 20.3. The van der Waals surface area contributed by atoms with Crippen molar-refractivity contribution in [2.45, 2.75) is 32.0 Å². The number of anilines is 1. The highest BCUT2D eigenvalue weighted by Crippen LogP contribution is 2.33. The van der Waals surface area contributed by atoms with Gasteiger partial charge in [-0.1, -0.05) is 12.1 Å². The molecule has 11 heteroatoms. The molecule has 1 aromatic carbocycles. The number of alkyl halides is 3. The molecule has 3 heterocycles. The third-order valence-electron chi connectivity index (χ3n) is 6.06. The first-order chi connectivity index (χ1) is 16.5. The van der Waals surface area contributed by atoms with E-state index in [-0.39, 0.29) is 39.4 Å². The maximum absolute atomic E-state index is 13.0. The number of piperidine rings is 1. The van der Waals surface area contributed by atoms with Gasteiger partial charge in [-0.05, 0) is 52.1 Å². The highest BCUT2D eigenvalue weighted by Gasteiger charge is 2.31. The van der Waals surface area contributed by atoms with Crippen molar-refractivity contribution in [1.29, 1.82) is 0 Å². The first-order valence-electron chi connectivity index (χ1n) is 11.0. The number of nitrogens with zero attached hydrogens (tertiary/aromatic N) is 3. The van der Waals surface area contributed by atoms with Crippen LogP contribution in [-0.2, 0) is 6.18 Å². The Morgan fingerprint density at radius 2 is 1.91 bits per heavy atom. The van der Waals surface area contributed by atoms with Gasteiger partial charge in [0.1, 0.15) is 17.2 Å². The van der Waals surface area contributed by atoms with Crippen molar-refractivity contribution >= 4 is 28.3 Å². The minimum atomic E-state index is -4.49. The Morgan fingerprint density at radius 3 is 2.57 bits per heavy atom. The Balaban J connectivity index is 1.43. The number of likely N-dealkylation sites (tertiary alicyclic amines) is 1. The number of thiazole rings is 1. The second kappa shape index (κ2) is 9.82. The summed E-state index contributed by atoms with van der Waals surface area (Å²) in [5.74, 6) is -0.295. The molecule has 1 saturated heterocycles. The number of aromatic nitrogens is 1. The molecule has 35 heavy (non-hydrogen) atoms. The number of hydrogen-bond acceptors (Lipinski definition) is 6. The lowest BCUT2D eigenvalue weighted by atomic mass is 10.0. The average Bonchev–Trinajstić information content (AvgIpc) is 3.45. The Bertz CT molecular complexity index is 1230. The van der Waals surface area contributed by atoms with Gasteiger partial charge in [0.25, 0.3) is 11.8 Å². The minimum Gasteiger partial charge on any atom is -0.461 e. The summed E-state index contributed by atoms with van der Waals surface area (Å²) in [5, 5.41) is 4.51. The third-order valence-corrected chi connectivity index (χ3v) is 6.82. The number of hydrogen-bond donors (Lipinski definition) is 1. The number of carbonyl (C=O) groups excluding carboxylic acids is 2. The number of aryl methyl sites for hydroxylation is 1. The summed E-state index contributed by atoms with van der Waals surface area (Å²) in [6, 6.07) is 6.55. The Labute approximate surface area is 204 Å². The van der Waals surface area contributed by atoms with E-state index in [2.05, 4.69) is 15.2 Å². The lowest BCUT2D eigenvalue weighted by Crippen LogP contribution is -2.44. The Kier molecular flexibility index (Phi) is 7.00. The van der Waals surface area contributed by atoms with Crippen LogP contribution in [0, 0.1) is 6.92 Å².